The molecule has 2 aliphatic rings. The molecule has 0 atom stereocenters. The van der Waals surface area contributed by atoms with Gasteiger partial charge in [-0.2, -0.15) is 0 Å². The number of hydrogen-bond donors (Lipinski definition) is 1. The summed E-state index contributed by atoms with van der Waals surface area (Å²) in [7, 11) is 0. The molecule has 2 amide bonds. The Hall–Kier alpha value is -3.19. The SMILES string of the molecule is O=C(Nc1nc(-c2ccc3c(c2)CCC3)cs1)C1CCN(C(=O)CCOc2ccccc2)CC1. The zero-order valence-electron chi connectivity index (χ0n) is 19.2. The van der Waals surface area contributed by atoms with Crippen molar-refractivity contribution >= 4 is 28.3 Å². The number of piperidine rings is 1. The van der Waals surface area contributed by atoms with Crippen molar-refractivity contribution in [3.05, 3.63) is 65.0 Å². The van der Waals surface area contributed by atoms with E-state index in [2.05, 4.69) is 28.5 Å². The number of hydrogen-bond acceptors (Lipinski definition) is 5. The van der Waals surface area contributed by atoms with Gasteiger partial charge in [0.1, 0.15) is 5.75 Å². The van der Waals surface area contributed by atoms with E-state index in [0.717, 1.165) is 23.4 Å². The molecule has 1 fully saturated rings. The van der Waals surface area contributed by atoms with Gasteiger partial charge in [0.15, 0.2) is 5.13 Å². The van der Waals surface area contributed by atoms with Gasteiger partial charge < -0.3 is 15.0 Å². The number of amides is 2. The fourth-order valence-corrected chi connectivity index (χ4v) is 5.45. The summed E-state index contributed by atoms with van der Waals surface area (Å²) in [6, 6.07) is 16.1. The zero-order chi connectivity index (χ0) is 23.3. The van der Waals surface area contributed by atoms with E-state index < -0.39 is 0 Å². The number of likely N-dealkylation sites (tertiary alicyclic amines) is 1. The molecule has 0 spiro atoms. The Morgan fingerprint density at radius 1 is 1.06 bits per heavy atom. The van der Waals surface area contributed by atoms with Crippen LogP contribution in [-0.4, -0.2) is 41.4 Å². The van der Waals surface area contributed by atoms with Gasteiger partial charge in [0.25, 0.3) is 0 Å². The zero-order valence-corrected chi connectivity index (χ0v) is 20.0. The first kappa shape index (κ1) is 22.6. The minimum Gasteiger partial charge on any atom is -0.493 e. The van der Waals surface area contributed by atoms with Gasteiger partial charge in [0.2, 0.25) is 11.8 Å². The van der Waals surface area contributed by atoms with Crippen molar-refractivity contribution in [3.63, 3.8) is 0 Å². The number of aromatic nitrogens is 1. The largest absolute Gasteiger partial charge is 0.493 e. The molecule has 1 aliphatic carbocycles. The summed E-state index contributed by atoms with van der Waals surface area (Å²) in [6.07, 6.45) is 5.21. The van der Waals surface area contributed by atoms with E-state index in [1.165, 1.54) is 35.3 Å². The lowest BCUT2D eigenvalue weighted by Crippen LogP contribution is -2.41. The molecule has 7 heteroatoms. The van der Waals surface area contributed by atoms with Gasteiger partial charge >= 0.3 is 0 Å². The van der Waals surface area contributed by atoms with E-state index in [0.29, 0.717) is 44.1 Å². The van der Waals surface area contributed by atoms with E-state index in [1.54, 1.807) is 0 Å². The predicted molar refractivity (Wildman–Crippen MR) is 134 cm³/mol. The minimum absolute atomic E-state index is 0.00522. The second-order valence-corrected chi connectivity index (χ2v) is 9.79. The third-order valence-electron chi connectivity index (χ3n) is 6.67. The number of aryl methyl sites for hydroxylation is 2. The summed E-state index contributed by atoms with van der Waals surface area (Å²) < 4.78 is 5.63. The lowest BCUT2D eigenvalue weighted by Gasteiger charge is -2.31. The molecule has 176 valence electrons. The lowest BCUT2D eigenvalue weighted by molar-refractivity contribution is -0.135. The quantitative estimate of drug-likeness (QED) is 0.525. The van der Waals surface area contributed by atoms with Crippen LogP contribution in [0.15, 0.2) is 53.9 Å². The molecule has 34 heavy (non-hydrogen) atoms. The van der Waals surface area contributed by atoms with Crippen molar-refractivity contribution < 1.29 is 14.3 Å². The van der Waals surface area contributed by atoms with E-state index >= 15 is 0 Å². The number of carbonyl (C=O) groups is 2. The number of fused-ring (bicyclic) bond motifs is 1. The Kier molecular flexibility index (Phi) is 6.90. The fourth-order valence-electron chi connectivity index (χ4n) is 4.72. The molecular formula is C27H29N3O3S. The number of para-hydroxylation sites is 1. The molecule has 0 bridgehead atoms. The topological polar surface area (TPSA) is 71.5 Å². The monoisotopic (exact) mass is 475 g/mol. The first-order valence-electron chi connectivity index (χ1n) is 12.0. The van der Waals surface area contributed by atoms with Crippen LogP contribution in [0.2, 0.25) is 0 Å². The first-order chi connectivity index (χ1) is 16.7. The minimum atomic E-state index is -0.100. The van der Waals surface area contributed by atoms with Gasteiger partial charge in [0, 0.05) is 30.0 Å². The molecule has 2 aromatic carbocycles. The number of nitrogens with one attached hydrogen (secondary N) is 1. The fraction of sp³-hybridized carbons (Fsp3) is 0.370. The molecule has 3 aromatic rings. The van der Waals surface area contributed by atoms with Crippen LogP contribution in [0.1, 0.15) is 36.8 Å². The molecule has 1 aromatic heterocycles. The molecule has 0 unspecified atom stereocenters. The maximum Gasteiger partial charge on any atom is 0.229 e. The third kappa shape index (κ3) is 5.30. The Balaban J connectivity index is 1.08. The Bertz CT molecular complexity index is 1150. The van der Waals surface area contributed by atoms with E-state index in [4.69, 9.17) is 4.74 Å². The molecule has 0 saturated carbocycles. The maximum absolute atomic E-state index is 12.8. The highest BCUT2D eigenvalue weighted by Gasteiger charge is 2.27. The van der Waals surface area contributed by atoms with Crippen LogP contribution in [0.3, 0.4) is 0 Å². The average Bonchev–Trinajstić information content (AvgIpc) is 3.54. The predicted octanol–water partition coefficient (Wildman–Crippen LogP) is 4.95. The highest BCUT2D eigenvalue weighted by Crippen LogP contribution is 2.30. The van der Waals surface area contributed by atoms with Crippen LogP contribution in [-0.2, 0) is 22.4 Å². The van der Waals surface area contributed by atoms with Gasteiger partial charge in [-0.25, -0.2) is 4.98 Å². The van der Waals surface area contributed by atoms with E-state index in [1.807, 2.05) is 40.6 Å². The standard InChI is InChI=1S/C27H29N3O3S/c31-25(13-16-33-23-7-2-1-3-8-23)30-14-11-20(12-15-30)26(32)29-27-28-24(18-34-27)22-10-9-19-5-4-6-21(19)17-22/h1-3,7-10,17-18,20H,4-6,11-16H2,(H,28,29,32). The molecular weight excluding hydrogens is 446 g/mol. The van der Waals surface area contributed by atoms with Crippen LogP contribution in [0.25, 0.3) is 11.3 Å². The highest BCUT2D eigenvalue weighted by molar-refractivity contribution is 7.14. The smallest absolute Gasteiger partial charge is 0.229 e. The van der Waals surface area contributed by atoms with Crippen molar-refractivity contribution in [2.45, 2.75) is 38.5 Å². The Morgan fingerprint density at radius 2 is 1.85 bits per heavy atom. The van der Waals surface area contributed by atoms with Crippen molar-refractivity contribution in [1.29, 1.82) is 0 Å². The van der Waals surface area contributed by atoms with Crippen molar-refractivity contribution in [1.82, 2.24) is 9.88 Å². The van der Waals surface area contributed by atoms with Crippen LogP contribution in [0, 0.1) is 5.92 Å². The summed E-state index contributed by atoms with van der Waals surface area (Å²) in [5, 5.41) is 5.64. The van der Waals surface area contributed by atoms with Gasteiger partial charge in [0.05, 0.1) is 18.7 Å². The summed E-state index contributed by atoms with van der Waals surface area (Å²) in [5.74, 6) is 0.743. The number of rotatable bonds is 7. The van der Waals surface area contributed by atoms with Gasteiger partial charge in [-0.1, -0.05) is 30.3 Å². The van der Waals surface area contributed by atoms with Crippen LogP contribution in [0.5, 0.6) is 5.75 Å². The number of anilines is 1. The molecule has 5 rings (SSSR count). The van der Waals surface area contributed by atoms with Crippen LogP contribution < -0.4 is 10.1 Å². The molecule has 2 heterocycles. The Labute approximate surface area is 204 Å². The molecule has 1 saturated heterocycles. The molecule has 1 aliphatic heterocycles. The summed E-state index contributed by atoms with van der Waals surface area (Å²) in [6.45, 7) is 1.56. The van der Waals surface area contributed by atoms with Crippen LogP contribution in [0.4, 0.5) is 5.13 Å². The second kappa shape index (κ2) is 10.4. The van der Waals surface area contributed by atoms with Crippen molar-refractivity contribution in [2.75, 3.05) is 25.0 Å². The highest BCUT2D eigenvalue weighted by atomic mass is 32.1. The number of benzene rings is 2. The van der Waals surface area contributed by atoms with Gasteiger partial charge in [-0.15, -0.1) is 11.3 Å². The van der Waals surface area contributed by atoms with Crippen molar-refractivity contribution in [2.24, 2.45) is 5.92 Å². The summed E-state index contributed by atoms with van der Waals surface area (Å²) in [5.41, 5.74) is 4.89. The lowest BCUT2D eigenvalue weighted by atomic mass is 9.96. The maximum atomic E-state index is 12.8. The molecule has 0 radical (unpaired) electrons. The number of thiazole rings is 1. The van der Waals surface area contributed by atoms with E-state index in [-0.39, 0.29) is 17.7 Å². The summed E-state index contributed by atoms with van der Waals surface area (Å²) in [4.78, 5) is 31.8. The van der Waals surface area contributed by atoms with Crippen molar-refractivity contribution in [3.8, 4) is 17.0 Å². The number of nitrogens with zero attached hydrogens (tertiary/aromatic N) is 2. The number of carbonyl (C=O) groups excluding carboxylic acids is 2. The Morgan fingerprint density at radius 3 is 2.68 bits per heavy atom. The second-order valence-electron chi connectivity index (χ2n) is 8.93. The normalized spacial score (nSPS) is 15.7. The average molecular weight is 476 g/mol. The molecule has 1 N–H and O–H groups in total. The number of ether oxygens (including phenoxy) is 1. The van der Waals surface area contributed by atoms with Gasteiger partial charge in [-0.05, 0) is 61.4 Å². The first-order valence-corrected chi connectivity index (χ1v) is 12.9. The summed E-state index contributed by atoms with van der Waals surface area (Å²) >= 11 is 1.46. The van der Waals surface area contributed by atoms with Gasteiger partial charge in [-0.3, -0.25) is 9.59 Å². The third-order valence-corrected chi connectivity index (χ3v) is 7.43. The van der Waals surface area contributed by atoms with E-state index in [9.17, 15) is 9.59 Å². The van der Waals surface area contributed by atoms with Crippen LogP contribution >= 0.6 is 11.3 Å². The molecule has 6 nitrogen and oxygen atoms in total.